The minimum absolute atomic E-state index is 0.273. The molecule has 2 aromatic rings. The minimum atomic E-state index is -3.95. The number of sulfonamides is 1. The zero-order valence-electron chi connectivity index (χ0n) is 11.0. The smallest absolute Gasteiger partial charge is 0.273 e. The highest BCUT2D eigenvalue weighted by atomic mass is 127. The first-order valence-electron chi connectivity index (χ1n) is 5.75. The number of rotatable bonds is 5. The number of nitrogens with zero attached hydrogens (tertiary/aromatic N) is 3. The maximum atomic E-state index is 11.6. The van der Waals surface area contributed by atoms with Crippen molar-refractivity contribution in [3.8, 4) is 11.4 Å². The van der Waals surface area contributed by atoms with E-state index in [1.54, 1.807) is 0 Å². The van der Waals surface area contributed by atoms with Crippen LogP contribution in [-0.2, 0) is 21.3 Å². The van der Waals surface area contributed by atoms with Crippen LogP contribution < -0.4 is 5.14 Å². The summed E-state index contributed by atoms with van der Waals surface area (Å²) in [7, 11) is -2.42. The number of hydrogen-bond donors (Lipinski definition) is 1. The van der Waals surface area contributed by atoms with Crippen molar-refractivity contribution >= 4 is 48.5 Å². The van der Waals surface area contributed by atoms with Gasteiger partial charge in [-0.05, 0) is 40.8 Å². The van der Waals surface area contributed by atoms with Gasteiger partial charge in [0.15, 0.2) is 5.82 Å². The average Bonchev–Trinajstić information content (AvgIpc) is 2.82. The summed E-state index contributed by atoms with van der Waals surface area (Å²) >= 11 is 5.54. The Hall–Kier alpha value is -0.560. The molecule has 21 heavy (non-hydrogen) atoms. The molecular formula is C11H12BrIN4O3S. The lowest BCUT2D eigenvalue weighted by Gasteiger charge is -2.10. The number of methoxy groups -OCH3 is 1. The topological polar surface area (TPSA) is 100 Å². The van der Waals surface area contributed by atoms with Gasteiger partial charge in [0.25, 0.3) is 15.2 Å². The van der Waals surface area contributed by atoms with E-state index < -0.39 is 10.0 Å². The van der Waals surface area contributed by atoms with Crippen LogP contribution in [0.1, 0.15) is 0 Å². The number of aromatic nitrogens is 3. The molecule has 0 aliphatic heterocycles. The fourth-order valence-corrected chi connectivity index (χ4v) is 3.33. The Balaban J connectivity index is 2.63. The molecule has 1 aromatic heterocycles. The van der Waals surface area contributed by atoms with E-state index in [1.807, 2.05) is 18.2 Å². The average molecular weight is 487 g/mol. The molecule has 2 N–H and O–H groups in total. The molecule has 0 bridgehead atoms. The van der Waals surface area contributed by atoms with Crippen molar-refractivity contribution < 1.29 is 13.2 Å². The molecule has 0 amide bonds. The Morgan fingerprint density at radius 3 is 2.76 bits per heavy atom. The van der Waals surface area contributed by atoms with Crippen LogP contribution in [-0.4, -0.2) is 36.9 Å². The molecular weight excluding hydrogens is 475 g/mol. The van der Waals surface area contributed by atoms with Gasteiger partial charge in [-0.25, -0.2) is 13.6 Å². The molecule has 0 atom stereocenters. The van der Waals surface area contributed by atoms with Crippen molar-refractivity contribution in [1.82, 2.24) is 14.8 Å². The summed E-state index contributed by atoms with van der Waals surface area (Å²) in [5, 5.41) is 12.6. The standard InChI is InChI=1S/C11H12BrIN4O3S/c1-20-5-4-17-10(15-16-11(17)21(14,18)19)8-6-7(12)2-3-9(8)13/h2-3,6H,4-5H2,1H3,(H2,14,18,19). The van der Waals surface area contributed by atoms with Crippen LogP contribution >= 0.6 is 38.5 Å². The van der Waals surface area contributed by atoms with Crippen molar-refractivity contribution in [2.24, 2.45) is 5.14 Å². The highest BCUT2D eigenvalue weighted by Crippen LogP contribution is 2.28. The first kappa shape index (κ1) is 16.8. The largest absolute Gasteiger partial charge is 0.383 e. The molecule has 0 saturated carbocycles. The van der Waals surface area contributed by atoms with Crippen LogP contribution in [0.3, 0.4) is 0 Å². The van der Waals surface area contributed by atoms with E-state index in [2.05, 4.69) is 48.7 Å². The third-order valence-electron chi connectivity index (χ3n) is 2.66. The van der Waals surface area contributed by atoms with Gasteiger partial charge < -0.3 is 4.74 Å². The quantitative estimate of drug-likeness (QED) is 0.647. The van der Waals surface area contributed by atoms with E-state index in [0.717, 1.165) is 13.6 Å². The first-order valence-corrected chi connectivity index (χ1v) is 9.16. The van der Waals surface area contributed by atoms with Crippen molar-refractivity contribution in [3.63, 3.8) is 0 Å². The number of nitrogens with two attached hydrogens (primary N) is 1. The molecule has 0 unspecified atom stereocenters. The molecule has 0 spiro atoms. The lowest BCUT2D eigenvalue weighted by molar-refractivity contribution is 0.185. The Morgan fingerprint density at radius 2 is 2.14 bits per heavy atom. The maximum absolute atomic E-state index is 11.6. The third-order valence-corrected chi connectivity index (χ3v) is 4.90. The zero-order chi connectivity index (χ0) is 15.6. The van der Waals surface area contributed by atoms with Gasteiger partial charge in [-0.1, -0.05) is 15.9 Å². The van der Waals surface area contributed by atoms with Gasteiger partial charge in [-0.3, -0.25) is 4.57 Å². The molecule has 1 aromatic carbocycles. The third kappa shape index (κ3) is 3.80. The van der Waals surface area contributed by atoms with Crippen molar-refractivity contribution in [1.29, 1.82) is 0 Å². The Bertz CT molecular complexity index is 763. The van der Waals surface area contributed by atoms with E-state index in [0.29, 0.717) is 12.4 Å². The number of hydrogen-bond acceptors (Lipinski definition) is 5. The number of halogens is 2. The summed E-state index contributed by atoms with van der Waals surface area (Å²) in [5.41, 5.74) is 0.767. The van der Waals surface area contributed by atoms with E-state index >= 15 is 0 Å². The lowest BCUT2D eigenvalue weighted by Crippen LogP contribution is -2.20. The summed E-state index contributed by atoms with van der Waals surface area (Å²) in [6, 6.07) is 5.63. The molecule has 7 nitrogen and oxygen atoms in total. The van der Waals surface area contributed by atoms with E-state index in [4.69, 9.17) is 9.88 Å². The van der Waals surface area contributed by atoms with Gasteiger partial charge in [0.2, 0.25) is 0 Å². The summed E-state index contributed by atoms with van der Waals surface area (Å²) in [5.74, 6) is 0.432. The van der Waals surface area contributed by atoms with Crippen molar-refractivity contribution in [2.75, 3.05) is 13.7 Å². The van der Waals surface area contributed by atoms with Crippen LogP contribution in [0.4, 0.5) is 0 Å². The summed E-state index contributed by atoms with van der Waals surface area (Å²) in [4.78, 5) is 0. The summed E-state index contributed by atoms with van der Waals surface area (Å²) in [6.45, 7) is 0.603. The molecule has 0 saturated heterocycles. The molecule has 0 aliphatic carbocycles. The Morgan fingerprint density at radius 1 is 1.43 bits per heavy atom. The molecule has 2 rings (SSSR count). The van der Waals surface area contributed by atoms with Gasteiger partial charge in [0.1, 0.15) is 0 Å². The molecule has 0 radical (unpaired) electrons. The highest BCUT2D eigenvalue weighted by molar-refractivity contribution is 14.1. The second kappa shape index (κ2) is 6.69. The van der Waals surface area contributed by atoms with Crippen LogP contribution in [0.15, 0.2) is 27.8 Å². The van der Waals surface area contributed by atoms with Crippen molar-refractivity contribution in [2.45, 2.75) is 11.7 Å². The van der Waals surface area contributed by atoms with Gasteiger partial charge in [-0.15, -0.1) is 10.2 Å². The van der Waals surface area contributed by atoms with E-state index in [9.17, 15) is 8.42 Å². The number of primary sulfonamides is 1. The number of ether oxygens (including phenoxy) is 1. The lowest BCUT2D eigenvalue weighted by atomic mass is 10.2. The molecule has 0 fully saturated rings. The second-order valence-corrected chi connectivity index (χ2v) is 7.65. The van der Waals surface area contributed by atoms with Gasteiger partial charge in [-0.2, -0.15) is 0 Å². The van der Waals surface area contributed by atoms with Gasteiger partial charge in [0.05, 0.1) is 13.2 Å². The Kier molecular flexibility index (Phi) is 5.35. The van der Waals surface area contributed by atoms with Crippen LogP contribution in [0, 0.1) is 3.57 Å². The van der Waals surface area contributed by atoms with E-state index in [-0.39, 0.29) is 11.7 Å². The fraction of sp³-hybridized carbons (Fsp3) is 0.273. The zero-order valence-corrected chi connectivity index (χ0v) is 15.5. The maximum Gasteiger partial charge on any atom is 0.273 e. The first-order chi connectivity index (χ1) is 9.84. The number of benzene rings is 1. The van der Waals surface area contributed by atoms with Gasteiger partial charge >= 0.3 is 0 Å². The summed E-state index contributed by atoms with van der Waals surface area (Å²) in [6.07, 6.45) is 0. The van der Waals surface area contributed by atoms with Crippen LogP contribution in [0.25, 0.3) is 11.4 Å². The van der Waals surface area contributed by atoms with E-state index in [1.165, 1.54) is 11.7 Å². The van der Waals surface area contributed by atoms with Crippen LogP contribution in [0.2, 0.25) is 0 Å². The molecule has 0 aliphatic rings. The monoisotopic (exact) mass is 486 g/mol. The molecule has 114 valence electrons. The van der Waals surface area contributed by atoms with Crippen LogP contribution in [0.5, 0.6) is 0 Å². The second-order valence-electron chi connectivity index (χ2n) is 4.12. The molecule has 10 heteroatoms. The van der Waals surface area contributed by atoms with Gasteiger partial charge in [0, 0.05) is 20.7 Å². The van der Waals surface area contributed by atoms with Crippen molar-refractivity contribution in [3.05, 3.63) is 26.2 Å². The Labute approximate surface area is 144 Å². The normalized spacial score (nSPS) is 11.8. The fourth-order valence-electron chi connectivity index (χ4n) is 1.75. The predicted molar refractivity (Wildman–Crippen MR) is 89.1 cm³/mol. The highest BCUT2D eigenvalue weighted by Gasteiger charge is 2.23. The minimum Gasteiger partial charge on any atom is -0.383 e. The SMILES string of the molecule is COCCn1c(-c2cc(Br)ccc2I)nnc1S(N)(=O)=O. The summed E-state index contributed by atoms with van der Waals surface area (Å²) < 4.78 is 31.5. The predicted octanol–water partition coefficient (Wildman–Crippen LogP) is 1.61. The molecule has 1 heterocycles.